The molecule has 6 heteroatoms. The predicted octanol–water partition coefficient (Wildman–Crippen LogP) is 3.54. The van der Waals surface area contributed by atoms with E-state index in [0.717, 1.165) is 63.5 Å². The molecule has 1 unspecified atom stereocenters. The number of halogens is 1. The standard InChI is InChI=1S/C24H29FN2O3/c25-20-8-6-18(7-9-20)24(28)19-10-14-27(15-11-19)13-3-12-26-16-21-17-29-22-4-1-2-5-23(22)30-21/h1-2,4-9,19,21,26H,3,10-17H2. The molecule has 2 aliphatic rings. The fourth-order valence-corrected chi connectivity index (χ4v) is 4.12. The molecule has 4 rings (SSSR count). The van der Waals surface area contributed by atoms with Crippen molar-refractivity contribution in [2.24, 2.45) is 5.92 Å². The highest BCUT2D eigenvalue weighted by molar-refractivity contribution is 5.97. The molecule has 0 saturated carbocycles. The van der Waals surface area contributed by atoms with Gasteiger partial charge in [-0.1, -0.05) is 12.1 Å². The van der Waals surface area contributed by atoms with Crippen molar-refractivity contribution in [3.05, 3.63) is 59.9 Å². The summed E-state index contributed by atoms with van der Waals surface area (Å²) >= 11 is 0. The lowest BCUT2D eigenvalue weighted by Gasteiger charge is -2.31. The van der Waals surface area contributed by atoms with E-state index in [2.05, 4.69) is 10.2 Å². The van der Waals surface area contributed by atoms with Crippen molar-refractivity contribution in [3.8, 4) is 11.5 Å². The third kappa shape index (κ3) is 5.37. The van der Waals surface area contributed by atoms with Crippen LogP contribution >= 0.6 is 0 Å². The number of carbonyl (C=O) groups is 1. The summed E-state index contributed by atoms with van der Waals surface area (Å²) in [5, 5.41) is 3.46. The Hall–Kier alpha value is -2.44. The molecule has 0 aromatic heterocycles. The highest BCUT2D eigenvalue weighted by Crippen LogP contribution is 2.30. The minimum Gasteiger partial charge on any atom is -0.486 e. The summed E-state index contributed by atoms with van der Waals surface area (Å²) in [6.45, 7) is 5.16. The largest absolute Gasteiger partial charge is 0.486 e. The van der Waals surface area contributed by atoms with Crippen LogP contribution in [0.1, 0.15) is 29.6 Å². The second-order valence-electron chi connectivity index (χ2n) is 8.04. The normalized spacial score (nSPS) is 19.6. The molecule has 1 saturated heterocycles. The zero-order chi connectivity index (χ0) is 20.8. The van der Waals surface area contributed by atoms with Crippen LogP contribution in [0.2, 0.25) is 0 Å². The van der Waals surface area contributed by atoms with Crippen molar-refractivity contribution < 1.29 is 18.7 Å². The van der Waals surface area contributed by atoms with E-state index >= 15 is 0 Å². The number of para-hydroxylation sites is 2. The Kier molecular flexibility index (Phi) is 6.97. The number of Topliss-reactive ketones (excluding diaryl/α,β-unsaturated/α-hetero) is 1. The zero-order valence-electron chi connectivity index (χ0n) is 17.2. The Morgan fingerprint density at radius 1 is 1.07 bits per heavy atom. The zero-order valence-corrected chi connectivity index (χ0v) is 17.2. The Morgan fingerprint density at radius 3 is 2.57 bits per heavy atom. The third-order valence-corrected chi connectivity index (χ3v) is 5.85. The van der Waals surface area contributed by atoms with Crippen molar-refractivity contribution in [2.45, 2.75) is 25.4 Å². The second-order valence-corrected chi connectivity index (χ2v) is 8.04. The van der Waals surface area contributed by atoms with Gasteiger partial charge in [0.15, 0.2) is 17.3 Å². The number of nitrogens with zero attached hydrogens (tertiary/aromatic N) is 1. The fraction of sp³-hybridized carbons (Fsp3) is 0.458. The summed E-state index contributed by atoms with van der Waals surface area (Å²) < 4.78 is 24.7. The molecule has 30 heavy (non-hydrogen) atoms. The number of benzene rings is 2. The number of likely N-dealkylation sites (tertiary alicyclic amines) is 1. The molecule has 0 amide bonds. The summed E-state index contributed by atoms with van der Waals surface area (Å²) in [6.07, 6.45) is 2.83. The van der Waals surface area contributed by atoms with Gasteiger partial charge in [-0.05, 0) is 81.8 Å². The van der Waals surface area contributed by atoms with E-state index in [0.29, 0.717) is 12.2 Å². The molecule has 2 aromatic rings. The highest BCUT2D eigenvalue weighted by Gasteiger charge is 2.25. The van der Waals surface area contributed by atoms with E-state index in [1.165, 1.54) is 12.1 Å². The van der Waals surface area contributed by atoms with Gasteiger partial charge < -0.3 is 19.7 Å². The fourth-order valence-electron chi connectivity index (χ4n) is 4.12. The molecular formula is C24H29FN2O3. The molecule has 1 atom stereocenters. The minimum atomic E-state index is -0.303. The van der Waals surface area contributed by atoms with E-state index in [-0.39, 0.29) is 23.6 Å². The number of nitrogens with one attached hydrogen (secondary N) is 1. The van der Waals surface area contributed by atoms with Gasteiger partial charge in [-0.25, -0.2) is 4.39 Å². The smallest absolute Gasteiger partial charge is 0.166 e. The topological polar surface area (TPSA) is 50.8 Å². The number of ketones is 1. The molecule has 0 bridgehead atoms. The van der Waals surface area contributed by atoms with Gasteiger partial charge in [-0.3, -0.25) is 4.79 Å². The SMILES string of the molecule is O=C(c1ccc(F)cc1)C1CCN(CCCNCC2COc3ccccc3O2)CC1. The maximum absolute atomic E-state index is 13.0. The van der Waals surface area contributed by atoms with Crippen molar-refractivity contribution >= 4 is 5.78 Å². The Labute approximate surface area is 177 Å². The maximum atomic E-state index is 13.0. The molecular weight excluding hydrogens is 383 g/mol. The number of fused-ring (bicyclic) bond motifs is 1. The van der Waals surface area contributed by atoms with Gasteiger partial charge >= 0.3 is 0 Å². The Balaban J connectivity index is 1.10. The van der Waals surface area contributed by atoms with Crippen LogP contribution in [0.4, 0.5) is 4.39 Å². The number of piperidine rings is 1. The van der Waals surface area contributed by atoms with Crippen LogP contribution in [0, 0.1) is 11.7 Å². The van der Waals surface area contributed by atoms with Gasteiger partial charge in [-0.15, -0.1) is 0 Å². The number of ether oxygens (including phenoxy) is 2. The van der Waals surface area contributed by atoms with Crippen LogP contribution in [-0.2, 0) is 0 Å². The lowest BCUT2D eigenvalue weighted by atomic mass is 9.89. The number of carbonyl (C=O) groups excluding carboxylic acids is 1. The molecule has 5 nitrogen and oxygen atoms in total. The number of hydrogen-bond donors (Lipinski definition) is 1. The minimum absolute atomic E-state index is 0.0353. The third-order valence-electron chi connectivity index (χ3n) is 5.85. The predicted molar refractivity (Wildman–Crippen MR) is 114 cm³/mol. The summed E-state index contributed by atoms with van der Waals surface area (Å²) in [7, 11) is 0. The van der Waals surface area contributed by atoms with Crippen molar-refractivity contribution in [1.82, 2.24) is 10.2 Å². The lowest BCUT2D eigenvalue weighted by Crippen LogP contribution is -2.40. The van der Waals surface area contributed by atoms with Gasteiger partial charge in [0, 0.05) is 18.0 Å². The first-order chi connectivity index (χ1) is 14.7. The molecule has 2 heterocycles. The molecule has 0 spiro atoms. The number of hydrogen-bond acceptors (Lipinski definition) is 5. The van der Waals surface area contributed by atoms with Gasteiger partial charge in [-0.2, -0.15) is 0 Å². The molecule has 2 aliphatic heterocycles. The van der Waals surface area contributed by atoms with Crippen LogP contribution < -0.4 is 14.8 Å². The average molecular weight is 413 g/mol. The van der Waals surface area contributed by atoms with E-state index in [9.17, 15) is 9.18 Å². The van der Waals surface area contributed by atoms with Crippen molar-refractivity contribution in [1.29, 1.82) is 0 Å². The molecule has 1 fully saturated rings. The first-order valence-corrected chi connectivity index (χ1v) is 10.8. The number of rotatable bonds is 8. The van der Waals surface area contributed by atoms with Crippen molar-refractivity contribution in [3.63, 3.8) is 0 Å². The van der Waals surface area contributed by atoms with Gasteiger partial charge in [0.1, 0.15) is 18.5 Å². The lowest BCUT2D eigenvalue weighted by molar-refractivity contribution is 0.0836. The van der Waals surface area contributed by atoms with E-state index in [4.69, 9.17) is 9.47 Å². The van der Waals surface area contributed by atoms with Crippen LogP contribution in [0.5, 0.6) is 11.5 Å². The van der Waals surface area contributed by atoms with Gasteiger partial charge in [0.25, 0.3) is 0 Å². The average Bonchev–Trinajstić information content (AvgIpc) is 2.79. The first kappa shape index (κ1) is 20.8. The Bertz CT molecular complexity index is 835. The molecule has 0 radical (unpaired) electrons. The summed E-state index contributed by atoms with van der Waals surface area (Å²) in [5.41, 5.74) is 0.621. The summed E-state index contributed by atoms with van der Waals surface area (Å²) in [5.74, 6) is 1.52. The Morgan fingerprint density at radius 2 is 1.80 bits per heavy atom. The molecule has 1 N–H and O–H groups in total. The molecule has 0 aliphatic carbocycles. The van der Waals surface area contributed by atoms with Crippen molar-refractivity contribution in [2.75, 3.05) is 39.3 Å². The maximum Gasteiger partial charge on any atom is 0.166 e. The van der Waals surface area contributed by atoms with Crippen LogP contribution in [0.15, 0.2) is 48.5 Å². The van der Waals surface area contributed by atoms with E-state index in [1.807, 2.05) is 24.3 Å². The van der Waals surface area contributed by atoms with E-state index < -0.39 is 0 Å². The van der Waals surface area contributed by atoms with Gasteiger partial charge in [0.2, 0.25) is 0 Å². The van der Waals surface area contributed by atoms with Gasteiger partial charge in [0.05, 0.1) is 0 Å². The van der Waals surface area contributed by atoms with Crippen LogP contribution in [-0.4, -0.2) is 56.1 Å². The molecule has 2 aromatic carbocycles. The first-order valence-electron chi connectivity index (χ1n) is 10.8. The summed E-state index contributed by atoms with van der Waals surface area (Å²) in [6, 6.07) is 13.7. The van der Waals surface area contributed by atoms with Crippen LogP contribution in [0.3, 0.4) is 0 Å². The monoisotopic (exact) mass is 412 g/mol. The quantitative estimate of drug-likeness (QED) is 0.531. The van der Waals surface area contributed by atoms with E-state index in [1.54, 1.807) is 12.1 Å². The molecule has 160 valence electrons. The second kappa shape index (κ2) is 10.0. The highest BCUT2D eigenvalue weighted by atomic mass is 19.1. The van der Waals surface area contributed by atoms with Crippen LogP contribution in [0.25, 0.3) is 0 Å². The summed E-state index contributed by atoms with van der Waals surface area (Å²) in [4.78, 5) is 15.0.